The Balaban J connectivity index is 1.40. The zero-order valence-electron chi connectivity index (χ0n) is 14.4. The van der Waals surface area contributed by atoms with Crippen LogP contribution in [0.1, 0.15) is 30.7 Å². The molecule has 0 amide bonds. The number of nitrogens with zero attached hydrogens (tertiary/aromatic N) is 4. The first-order valence-corrected chi connectivity index (χ1v) is 8.53. The van der Waals surface area contributed by atoms with Gasteiger partial charge in [0, 0.05) is 32.1 Å². The monoisotopic (exact) mass is 331 g/mol. The van der Waals surface area contributed by atoms with Crippen LogP contribution in [0.2, 0.25) is 0 Å². The van der Waals surface area contributed by atoms with Crippen molar-refractivity contribution in [1.82, 2.24) is 20.0 Å². The van der Waals surface area contributed by atoms with Gasteiger partial charge in [-0.15, -0.1) is 10.2 Å². The Morgan fingerprint density at radius 3 is 2.75 bits per heavy atom. The number of aromatic nitrogens is 4. The molecule has 7 nitrogen and oxygen atoms in total. The summed E-state index contributed by atoms with van der Waals surface area (Å²) in [5, 5.41) is 16.1. The summed E-state index contributed by atoms with van der Waals surface area (Å²) in [7, 11) is 0. The fourth-order valence-corrected chi connectivity index (χ4v) is 2.77. The van der Waals surface area contributed by atoms with Crippen molar-refractivity contribution in [3.63, 3.8) is 0 Å². The Bertz CT molecular complexity index is 635. The summed E-state index contributed by atoms with van der Waals surface area (Å²) < 4.78 is 13.0. The first-order chi connectivity index (χ1) is 11.7. The molecule has 1 saturated heterocycles. The molecule has 2 aromatic rings. The molecule has 0 saturated carbocycles. The van der Waals surface area contributed by atoms with Crippen molar-refractivity contribution >= 4 is 5.82 Å². The van der Waals surface area contributed by atoms with Crippen LogP contribution >= 0.6 is 0 Å². The highest BCUT2D eigenvalue weighted by atomic mass is 16.5. The molecule has 3 rings (SSSR count). The van der Waals surface area contributed by atoms with Crippen LogP contribution in [0.15, 0.2) is 18.2 Å². The highest BCUT2D eigenvalue weighted by Gasteiger charge is 2.13. The third-order valence-electron chi connectivity index (χ3n) is 4.03. The van der Waals surface area contributed by atoms with Gasteiger partial charge < -0.3 is 14.8 Å². The molecule has 0 spiro atoms. The fourth-order valence-electron chi connectivity index (χ4n) is 2.77. The van der Waals surface area contributed by atoms with Crippen molar-refractivity contribution in [3.8, 4) is 5.82 Å². The molecule has 1 fully saturated rings. The number of anilines is 1. The van der Waals surface area contributed by atoms with E-state index in [2.05, 4.69) is 20.6 Å². The fraction of sp³-hybridized carbons (Fsp3) is 0.588. The third kappa shape index (κ3) is 4.52. The van der Waals surface area contributed by atoms with Gasteiger partial charge in [-0.2, -0.15) is 5.10 Å². The van der Waals surface area contributed by atoms with Crippen LogP contribution in [0.5, 0.6) is 0 Å². The largest absolute Gasteiger partial charge is 0.381 e. The lowest BCUT2D eigenvalue weighted by atomic mass is 10.1. The van der Waals surface area contributed by atoms with Crippen molar-refractivity contribution in [2.24, 2.45) is 0 Å². The van der Waals surface area contributed by atoms with Crippen molar-refractivity contribution in [1.29, 1.82) is 0 Å². The van der Waals surface area contributed by atoms with Crippen molar-refractivity contribution in [3.05, 3.63) is 29.6 Å². The zero-order chi connectivity index (χ0) is 16.8. The maximum absolute atomic E-state index is 5.85. The van der Waals surface area contributed by atoms with Crippen molar-refractivity contribution in [2.75, 3.05) is 31.7 Å². The normalized spacial score (nSPS) is 15.6. The van der Waals surface area contributed by atoms with E-state index in [4.69, 9.17) is 9.47 Å². The van der Waals surface area contributed by atoms with E-state index < -0.39 is 0 Å². The lowest BCUT2D eigenvalue weighted by Crippen LogP contribution is -2.24. The molecule has 2 aromatic heterocycles. The number of ether oxygens (including phenoxy) is 2. The van der Waals surface area contributed by atoms with Gasteiger partial charge in [-0.05, 0) is 51.3 Å². The van der Waals surface area contributed by atoms with Crippen LogP contribution in [-0.4, -0.2) is 52.4 Å². The molecule has 3 heterocycles. The molecule has 0 unspecified atom stereocenters. The van der Waals surface area contributed by atoms with Gasteiger partial charge >= 0.3 is 0 Å². The molecular formula is C17H25N5O2. The lowest BCUT2D eigenvalue weighted by Gasteiger charge is -2.22. The number of hydrogen-bond acceptors (Lipinski definition) is 6. The average Bonchev–Trinajstić information content (AvgIpc) is 2.94. The summed E-state index contributed by atoms with van der Waals surface area (Å²) in [5.41, 5.74) is 2.02. The minimum absolute atomic E-state index is 0.360. The van der Waals surface area contributed by atoms with E-state index >= 15 is 0 Å². The molecule has 0 atom stereocenters. The first kappa shape index (κ1) is 16.9. The first-order valence-electron chi connectivity index (χ1n) is 8.53. The maximum Gasteiger partial charge on any atom is 0.176 e. The predicted molar refractivity (Wildman–Crippen MR) is 91.5 cm³/mol. The summed E-state index contributed by atoms with van der Waals surface area (Å²) in [6.07, 6.45) is 3.32. The van der Waals surface area contributed by atoms with E-state index in [1.165, 1.54) is 0 Å². The SMILES string of the molecule is Cc1cc(C)n(-c2ccc(NCCCOC3CCOCC3)nn2)n1. The van der Waals surface area contributed by atoms with Crippen LogP contribution in [0.4, 0.5) is 5.82 Å². The predicted octanol–water partition coefficient (Wildman–Crippen LogP) is 2.28. The van der Waals surface area contributed by atoms with Crippen molar-refractivity contribution in [2.45, 2.75) is 39.2 Å². The van der Waals surface area contributed by atoms with Gasteiger partial charge in [0.2, 0.25) is 0 Å². The maximum atomic E-state index is 5.85. The van der Waals surface area contributed by atoms with Gasteiger partial charge in [-0.25, -0.2) is 4.68 Å². The minimum Gasteiger partial charge on any atom is -0.381 e. The number of nitrogens with one attached hydrogen (secondary N) is 1. The van der Waals surface area contributed by atoms with Crippen LogP contribution in [0.3, 0.4) is 0 Å². The van der Waals surface area contributed by atoms with Gasteiger partial charge in [0.15, 0.2) is 5.82 Å². The van der Waals surface area contributed by atoms with Gasteiger partial charge in [0.05, 0.1) is 11.8 Å². The summed E-state index contributed by atoms with van der Waals surface area (Å²) in [5.74, 6) is 1.50. The van der Waals surface area contributed by atoms with Crippen LogP contribution in [0.25, 0.3) is 5.82 Å². The van der Waals surface area contributed by atoms with Crippen molar-refractivity contribution < 1.29 is 9.47 Å². The molecular weight excluding hydrogens is 306 g/mol. The molecule has 1 aliphatic heterocycles. The number of hydrogen-bond donors (Lipinski definition) is 1. The molecule has 0 radical (unpaired) electrons. The van der Waals surface area contributed by atoms with E-state index in [-0.39, 0.29) is 0 Å². The van der Waals surface area contributed by atoms with E-state index in [1.54, 1.807) is 4.68 Å². The summed E-state index contributed by atoms with van der Waals surface area (Å²) in [4.78, 5) is 0. The van der Waals surface area contributed by atoms with Crippen LogP contribution < -0.4 is 5.32 Å². The standard InChI is InChI=1S/C17H25N5O2/c1-13-12-14(2)22(21-13)17-5-4-16(19-20-17)18-8-3-9-24-15-6-10-23-11-7-15/h4-5,12,15H,3,6-11H2,1-2H3,(H,18,19). The quantitative estimate of drug-likeness (QED) is 0.785. The molecule has 130 valence electrons. The van der Waals surface area contributed by atoms with E-state index in [9.17, 15) is 0 Å². The molecule has 0 aliphatic carbocycles. The Morgan fingerprint density at radius 2 is 2.08 bits per heavy atom. The topological polar surface area (TPSA) is 74.1 Å². The zero-order valence-corrected chi connectivity index (χ0v) is 14.4. The summed E-state index contributed by atoms with van der Waals surface area (Å²) in [6.45, 7) is 7.19. The van der Waals surface area contributed by atoms with E-state index in [0.29, 0.717) is 6.10 Å². The Labute approximate surface area is 142 Å². The molecule has 0 aromatic carbocycles. The van der Waals surface area contributed by atoms with Gasteiger partial charge in [0.1, 0.15) is 5.82 Å². The van der Waals surface area contributed by atoms with Gasteiger partial charge in [-0.1, -0.05) is 0 Å². The molecule has 1 N–H and O–H groups in total. The van der Waals surface area contributed by atoms with Gasteiger partial charge in [0.25, 0.3) is 0 Å². The molecule has 0 bridgehead atoms. The molecule has 1 aliphatic rings. The highest BCUT2D eigenvalue weighted by molar-refractivity contribution is 5.36. The van der Waals surface area contributed by atoms with Gasteiger partial charge in [-0.3, -0.25) is 0 Å². The number of rotatable bonds is 7. The Morgan fingerprint density at radius 1 is 1.25 bits per heavy atom. The second-order valence-corrected chi connectivity index (χ2v) is 6.08. The Kier molecular flexibility index (Phi) is 5.77. The average molecular weight is 331 g/mol. The Hall–Kier alpha value is -1.99. The molecule has 7 heteroatoms. The molecule has 24 heavy (non-hydrogen) atoms. The van der Waals surface area contributed by atoms with E-state index in [1.807, 2.05) is 32.0 Å². The second kappa shape index (κ2) is 8.21. The smallest absolute Gasteiger partial charge is 0.176 e. The number of aryl methyl sites for hydroxylation is 2. The highest BCUT2D eigenvalue weighted by Crippen LogP contribution is 2.12. The third-order valence-corrected chi connectivity index (χ3v) is 4.03. The lowest BCUT2D eigenvalue weighted by molar-refractivity contribution is -0.0316. The van der Waals surface area contributed by atoms with E-state index in [0.717, 1.165) is 68.7 Å². The summed E-state index contributed by atoms with van der Waals surface area (Å²) in [6, 6.07) is 5.87. The summed E-state index contributed by atoms with van der Waals surface area (Å²) >= 11 is 0. The van der Waals surface area contributed by atoms with Crippen LogP contribution in [0, 0.1) is 13.8 Å². The van der Waals surface area contributed by atoms with Crippen LogP contribution in [-0.2, 0) is 9.47 Å². The minimum atomic E-state index is 0.360. The second-order valence-electron chi connectivity index (χ2n) is 6.08.